The van der Waals surface area contributed by atoms with Crippen LogP contribution < -0.4 is 19.7 Å². The fourth-order valence-corrected chi connectivity index (χ4v) is 10.1. The summed E-state index contributed by atoms with van der Waals surface area (Å²) >= 11 is 1.35. The molecule has 2 heterocycles. The molecule has 0 fully saturated rings. The zero-order valence-electron chi connectivity index (χ0n) is 31.9. The first-order chi connectivity index (χ1) is 26.9. The molecular weight excluding hydrogens is 746 g/mol. The molecule has 1 aliphatic heterocycles. The van der Waals surface area contributed by atoms with Crippen molar-refractivity contribution < 1.29 is 22.3 Å². The zero-order chi connectivity index (χ0) is 40.3. The molecule has 286 valence electrons. The molecular formula is C45H43F3N4O2SSi. The van der Waals surface area contributed by atoms with E-state index in [4.69, 9.17) is 9.16 Å². The molecule has 1 unspecified atom stereocenters. The topological polar surface area (TPSA) is 93.1 Å². The molecule has 11 heteroatoms. The van der Waals surface area contributed by atoms with Crippen LogP contribution in [0.5, 0.6) is 5.75 Å². The average molecular weight is 789 g/mol. The van der Waals surface area contributed by atoms with Crippen molar-refractivity contribution in [1.82, 2.24) is 0 Å². The largest absolute Gasteiger partial charge is 0.534 e. The van der Waals surface area contributed by atoms with Gasteiger partial charge in [0.15, 0.2) is 11.3 Å². The lowest BCUT2D eigenvalue weighted by Crippen LogP contribution is -2.60. The smallest absolute Gasteiger partial charge is 0.432 e. The van der Waals surface area contributed by atoms with E-state index in [9.17, 15) is 29.0 Å². The van der Waals surface area contributed by atoms with Gasteiger partial charge in [0.2, 0.25) is 5.60 Å². The van der Waals surface area contributed by atoms with Crippen LogP contribution >= 0.6 is 11.3 Å². The third-order valence-electron chi connectivity index (χ3n) is 9.80. The second-order valence-electron chi connectivity index (χ2n) is 13.7. The lowest BCUT2D eigenvalue weighted by Gasteiger charge is -2.31. The maximum atomic E-state index is 14.3. The van der Waals surface area contributed by atoms with Crippen molar-refractivity contribution in [3.05, 3.63) is 135 Å². The number of allylic oxidation sites excluding steroid dienone is 2. The lowest BCUT2D eigenvalue weighted by molar-refractivity contribution is -0.236. The van der Waals surface area contributed by atoms with Gasteiger partial charge in [-0.1, -0.05) is 93.4 Å². The first-order valence-electron chi connectivity index (χ1n) is 18.5. The first kappa shape index (κ1) is 41.4. The van der Waals surface area contributed by atoms with Crippen molar-refractivity contribution in [3.8, 4) is 24.0 Å². The van der Waals surface area contributed by atoms with E-state index in [1.165, 1.54) is 35.6 Å². The molecule has 5 rings (SSSR count). The molecule has 56 heavy (non-hydrogen) atoms. The summed E-state index contributed by atoms with van der Waals surface area (Å²) in [5, 5.41) is 30.7. The normalized spacial score (nSPS) is 15.8. The van der Waals surface area contributed by atoms with Gasteiger partial charge in [0.1, 0.15) is 29.5 Å². The summed E-state index contributed by atoms with van der Waals surface area (Å²) in [7, 11) is -2.78. The van der Waals surface area contributed by atoms with E-state index in [1.807, 2.05) is 54.6 Å². The number of hydrogen-bond acceptors (Lipinski definition) is 7. The van der Waals surface area contributed by atoms with Crippen LogP contribution in [0.15, 0.2) is 120 Å². The molecule has 0 amide bonds. The Labute approximate surface area is 332 Å². The van der Waals surface area contributed by atoms with E-state index < -0.39 is 42.6 Å². The van der Waals surface area contributed by atoms with Gasteiger partial charge in [0, 0.05) is 45.7 Å². The Morgan fingerprint density at radius 1 is 0.821 bits per heavy atom. The van der Waals surface area contributed by atoms with E-state index in [1.54, 1.807) is 12.1 Å². The number of unbranched alkanes of at least 4 members (excludes halogenated alkanes) is 2. The number of hydrogen-bond donors (Lipinski definition) is 0. The molecule has 4 aromatic rings. The van der Waals surface area contributed by atoms with Gasteiger partial charge in [-0.05, 0) is 79.2 Å². The fourth-order valence-electron chi connectivity index (χ4n) is 6.45. The molecule has 0 aliphatic carbocycles. The Morgan fingerprint density at radius 3 is 1.88 bits per heavy atom. The Kier molecular flexibility index (Phi) is 13.5. The van der Waals surface area contributed by atoms with Gasteiger partial charge >= 0.3 is 14.5 Å². The highest BCUT2D eigenvalue weighted by molar-refractivity contribution is 7.13. The highest BCUT2D eigenvalue weighted by Gasteiger charge is 2.60. The fraction of sp³-hybridized carbons (Fsp3) is 0.267. The minimum atomic E-state index is -4.94. The Bertz CT molecular complexity index is 2200. The summed E-state index contributed by atoms with van der Waals surface area (Å²) < 4.78 is 55.5. The molecule has 6 nitrogen and oxygen atoms in total. The Hall–Kier alpha value is -5.80. The van der Waals surface area contributed by atoms with Crippen molar-refractivity contribution in [2.75, 3.05) is 18.0 Å². The molecule has 0 bridgehead atoms. The quantitative estimate of drug-likeness (QED) is 0.0880. The predicted molar refractivity (Wildman–Crippen MR) is 222 cm³/mol. The van der Waals surface area contributed by atoms with Crippen LogP contribution in [-0.2, 0) is 4.74 Å². The van der Waals surface area contributed by atoms with Crippen LogP contribution in [0.1, 0.15) is 61.8 Å². The number of benzene rings is 3. The maximum absolute atomic E-state index is 14.3. The molecule has 0 spiro atoms. The molecule has 0 radical (unpaired) electrons. The van der Waals surface area contributed by atoms with Crippen LogP contribution in [0.4, 0.5) is 18.9 Å². The number of nitriles is 3. The SMILES string of the molecule is CCCCN(CCCC)c1ccc(/C=C/c2ccc(/C=C/C3=C(C#N)C(=C(C#N)C#N)OC3(C)C(F)(F)F)s2)c(O[Si](C)(c2ccccc2)c2ccccc2)c1. The van der Waals surface area contributed by atoms with Crippen molar-refractivity contribution in [1.29, 1.82) is 15.8 Å². The molecule has 1 aromatic heterocycles. The number of halogens is 3. The second kappa shape index (κ2) is 18.2. The van der Waals surface area contributed by atoms with Gasteiger partial charge in [-0.2, -0.15) is 29.0 Å². The molecule has 0 saturated carbocycles. The monoisotopic (exact) mass is 788 g/mol. The van der Waals surface area contributed by atoms with E-state index >= 15 is 0 Å². The summed E-state index contributed by atoms with van der Waals surface area (Å²) in [5.41, 5.74) is -2.63. The van der Waals surface area contributed by atoms with Gasteiger partial charge in [-0.3, -0.25) is 0 Å². The molecule has 1 aliphatic rings. The summed E-state index contributed by atoms with van der Waals surface area (Å²) in [6.07, 6.45) is 6.00. The zero-order valence-corrected chi connectivity index (χ0v) is 33.7. The Morgan fingerprint density at radius 2 is 1.38 bits per heavy atom. The number of anilines is 1. The summed E-state index contributed by atoms with van der Waals surface area (Å²) in [6, 6.07) is 35.5. The van der Waals surface area contributed by atoms with Crippen molar-refractivity contribution in [2.45, 2.75) is 64.8 Å². The maximum Gasteiger partial charge on any atom is 0.432 e. The highest BCUT2D eigenvalue weighted by Crippen LogP contribution is 2.49. The molecule has 3 aromatic carbocycles. The van der Waals surface area contributed by atoms with Crippen LogP contribution in [0.2, 0.25) is 6.55 Å². The number of alkyl halides is 3. The lowest BCUT2D eigenvalue weighted by atomic mass is 9.92. The third kappa shape index (κ3) is 9.00. The summed E-state index contributed by atoms with van der Waals surface area (Å²) in [6.45, 7) is 9.28. The van der Waals surface area contributed by atoms with Crippen LogP contribution in [0.3, 0.4) is 0 Å². The molecule has 1 atom stereocenters. The van der Waals surface area contributed by atoms with Gasteiger partial charge < -0.3 is 14.1 Å². The number of ether oxygens (including phenoxy) is 1. The van der Waals surface area contributed by atoms with Gasteiger partial charge in [0.25, 0.3) is 0 Å². The third-order valence-corrected chi connectivity index (χ3v) is 14.3. The van der Waals surface area contributed by atoms with Gasteiger partial charge in [0.05, 0.1) is 0 Å². The Balaban J connectivity index is 1.54. The minimum absolute atomic E-state index is 0.478. The van der Waals surface area contributed by atoms with Crippen molar-refractivity contribution in [3.63, 3.8) is 0 Å². The molecule has 0 saturated heterocycles. The highest BCUT2D eigenvalue weighted by atomic mass is 32.1. The van der Waals surface area contributed by atoms with Crippen LogP contribution in [0.25, 0.3) is 18.2 Å². The molecule has 0 N–H and O–H groups in total. The summed E-state index contributed by atoms with van der Waals surface area (Å²) in [5.74, 6) is 0.0882. The van der Waals surface area contributed by atoms with Gasteiger partial charge in [-0.15, -0.1) is 11.3 Å². The van der Waals surface area contributed by atoms with Crippen molar-refractivity contribution >= 4 is 53.9 Å². The number of thiophene rings is 1. The summed E-state index contributed by atoms with van der Waals surface area (Å²) in [4.78, 5) is 3.90. The standard InChI is InChI=1S/C45H43F3N4O2SSi/c1-5-7-27-52(28-8-6-2)35-21-19-33(42(29-35)54-56(4,38-15-11-9-12-16-38)39-17-13-10-14-18-39)20-22-36-23-24-37(55-36)25-26-41-40(32-51)43(34(30-49)31-50)53-44(41,3)45(46,47)48/h9-26,29H,5-8,27-28H2,1-4H3/b22-20+,26-25+. The van der Waals surface area contributed by atoms with Crippen LogP contribution in [-0.4, -0.2) is 33.2 Å². The van der Waals surface area contributed by atoms with E-state index in [-0.39, 0.29) is 0 Å². The number of nitrogens with zero attached hydrogens (tertiary/aromatic N) is 4. The van der Waals surface area contributed by atoms with E-state index in [2.05, 4.69) is 67.8 Å². The van der Waals surface area contributed by atoms with E-state index in [0.717, 1.165) is 77.9 Å². The average Bonchev–Trinajstić information content (AvgIpc) is 3.79. The van der Waals surface area contributed by atoms with Crippen LogP contribution in [0, 0.1) is 34.0 Å². The first-order valence-corrected chi connectivity index (χ1v) is 21.7. The minimum Gasteiger partial charge on any atom is -0.534 e. The van der Waals surface area contributed by atoms with Gasteiger partial charge in [-0.25, -0.2) is 0 Å². The van der Waals surface area contributed by atoms with E-state index in [0.29, 0.717) is 4.88 Å². The predicted octanol–water partition coefficient (Wildman–Crippen LogP) is 10.6. The van der Waals surface area contributed by atoms with Crippen molar-refractivity contribution in [2.24, 2.45) is 0 Å². The second-order valence-corrected chi connectivity index (χ2v) is 18.2. The number of rotatable bonds is 15.